The predicted octanol–water partition coefficient (Wildman–Crippen LogP) is 3.49. The van der Waals surface area contributed by atoms with Crippen molar-refractivity contribution in [3.63, 3.8) is 0 Å². The number of likely N-dealkylation sites (tertiary alicyclic amines) is 1. The van der Waals surface area contributed by atoms with Gasteiger partial charge < -0.3 is 9.64 Å². The van der Waals surface area contributed by atoms with Gasteiger partial charge in [-0.15, -0.1) is 0 Å². The molecule has 25 heavy (non-hydrogen) atoms. The number of rotatable bonds is 3. The Morgan fingerprint density at radius 2 is 1.76 bits per heavy atom. The van der Waals surface area contributed by atoms with E-state index in [1.54, 1.807) is 29.2 Å². The van der Waals surface area contributed by atoms with Gasteiger partial charge >= 0.3 is 6.09 Å². The molecule has 1 aromatic rings. The van der Waals surface area contributed by atoms with Gasteiger partial charge in [-0.1, -0.05) is 17.7 Å². The van der Waals surface area contributed by atoms with Crippen LogP contribution in [0.4, 0.5) is 4.79 Å². The van der Waals surface area contributed by atoms with E-state index in [1.807, 2.05) is 27.7 Å². The zero-order valence-electron chi connectivity index (χ0n) is 15.3. The third-order valence-corrected chi connectivity index (χ3v) is 5.27. The lowest BCUT2D eigenvalue weighted by atomic mass is 10.2. The number of carbonyl (C=O) groups excluding carboxylic acids is 1. The third-order valence-electron chi connectivity index (χ3n) is 3.90. The number of ether oxygens (including phenoxy) is 1. The fourth-order valence-electron chi connectivity index (χ4n) is 2.61. The van der Waals surface area contributed by atoms with Gasteiger partial charge in [0.15, 0.2) is 0 Å². The molecule has 0 spiro atoms. The van der Waals surface area contributed by atoms with Gasteiger partial charge in [0.1, 0.15) is 5.60 Å². The number of amides is 1. The molecule has 0 unspecified atom stereocenters. The molecule has 6 nitrogen and oxygen atoms in total. The lowest BCUT2D eigenvalue weighted by Crippen LogP contribution is -2.37. The first-order valence-corrected chi connectivity index (χ1v) is 9.95. The Morgan fingerprint density at radius 1 is 1.12 bits per heavy atom. The number of nitrogens with zero attached hydrogens (tertiary/aromatic N) is 1. The Bertz CT molecular complexity index is 691. The van der Waals surface area contributed by atoms with Crippen LogP contribution in [0, 0.1) is 6.92 Å². The van der Waals surface area contributed by atoms with Gasteiger partial charge in [0.25, 0.3) is 10.1 Å². The van der Waals surface area contributed by atoms with Crippen molar-refractivity contribution in [3.05, 3.63) is 29.8 Å². The Balaban J connectivity index is 1.96. The minimum Gasteiger partial charge on any atom is -0.444 e. The van der Waals surface area contributed by atoms with E-state index in [9.17, 15) is 13.2 Å². The monoisotopic (exact) mass is 369 g/mol. The van der Waals surface area contributed by atoms with Gasteiger partial charge in [-0.25, -0.2) is 4.79 Å². The summed E-state index contributed by atoms with van der Waals surface area (Å²) in [6.45, 7) is 8.32. The van der Waals surface area contributed by atoms with Crippen molar-refractivity contribution < 1.29 is 22.1 Å². The molecule has 1 heterocycles. The van der Waals surface area contributed by atoms with E-state index >= 15 is 0 Å². The first-order chi connectivity index (χ1) is 11.6. The summed E-state index contributed by atoms with van der Waals surface area (Å²) in [6.07, 6.45) is 0.926. The first-order valence-electron chi connectivity index (χ1n) is 8.55. The summed E-state index contributed by atoms with van der Waals surface area (Å²) in [4.78, 5) is 13.9. The SMILES string of the molecule is Cc1ccc(S(=O)(=O)O[C@@H]2CCCN(C(=O)OC(C)(C)C)CC2)cc1. The molecule has 7 heteroatoms. The molecule has 0 saturated carbocycles. The Morgan fingerprint density at radius 3 is 2.36 bits per heavy atom. The molecular weight excluding hydrogens is 342 g/mol. The largest absolute Gasteiger partial charge is 0.444 e. The smallest absolute Gasteiger partial charge is 0.410 e. The maximum absolute atomic E-state index is 12.4. The van der Waals surface area contributed by atoms with Crippen LogP contribution in [0.2, 0.25) is 0 Å². The third kappa shape index (κ3) is 6.01. The highest BCUT2D eigenvalue weighted by atomic mass is 32.2. The van der Waals surface area contributed by atoms with Crippen LogP contribution < -0.4 is 0 Å². The van der Waals surface area contributed by atoms with Crippen molar-refractivity contribution in [2.45, 2.75) is 63.6 Å². The summed E-state index contributed by atoms with van der Waals surface area (Å²) in [7, 11) is -3.79. The van der Waals surface area contributed by atoms with Crippen molar-refractivity contribution in [1.82, 2.24) is 4.90 Å². The van der Waals surface area contributed by atoms with Gasteiger partial charge in [0.05, 0.1) is 11.0 Å². The van der Waals surface area contributed by atoms with Gasteiger partial charge in [0, 0.05) is 13.1 Å². The van der Waals surface area contributed by atoms with Crippen molar-refractivity contribution in [1.29, 1.82) is 0 Å². The summed E-state index contributed by atoms with van der Waals surface area (Å²) in [5, 5.41) is 0. The quantitative estimate of drug-likeness (QED) is 0.763. The maximum atomic E-state index is 12.4. The van der Waals surface area contributed by atoms with E-state index < -0.39 is 21.8 Å². The lowest BCUT2D eigenvalue weighted by Gasteiger charge is -2.26. The molecule has 0 aliphatic carbocycles. The minimum atomic E-state index is -3.79. The summed E-state index contributed by atoms with van der Waals surface area (Å²) in [5.41, 5.74) is 0.440. The number of hydrogen-bond acceptors (Lipinski definition) is 5. The van der Waals surface area contributed by atoms with E-state index in [0.29, 0.717) is 32.4 Å². The normalized spacial score (nSPS) is 19.4. The number of benzene rings is 1. The molecule has 0 N–H and O–H groups in total. The van der Waals surface area contributed by atoms with Gasteiger partial charge in [-0.3, -0.25) is 4.18 Å². The number of hydrogen-bond donors (Lipinski definition) is 0. The van der Waals surface area contributed by atoms with Crippen LogP contribution in [0.1, 0.15) is 45.6 Å². The summed E-state index contributed by atoms with van der Waals surface area (Å²) >= 11 is 0. The Kier molecular flexibility index (Phi) is 6.11. The molecule has 1 fully saturated rings. The van der Waals surface area contributed by atoms with Crippen LogP contribution in [-0.2, 0) is 19.0 Å². The van der Waals surface area contributed by atoms with Gasteiger partial charge in [-0.05, 0) is 59.1 Å². The summed E-state index contributed by atoms with van der Waals surface area (Å²) < 4.78 is 35.6. The maximum Gasteiger partial charge on any atom is 0.410 e. The van der Waals surface area contributed by atoms with E-state index in [0.717, 1.165) is 5.56 Å². The zero-order chi connectivity index (χ0) is 18.7. The molecule has 2 rings (SSSR count). The second-order valence-electron chi connectivity index (χ2n) is 7.38. The van der Waals surface area contributed by atoms with Gasteiger partial charge in [-0.2, -0.15) is 8.42 Å². The fourth-order valence-corrected chi connectivity index (χ4v) is 3.74. The standard InChI is InChI=1S/C18H27NO5S/c1-14-7-9-16(10-8-14)25(21,22)24-15-6-5-12-19(13-11-15)17(20)23-18(2,3)4/h7-10,15H,5-6,11-13H2,1-4H3/t15-/m1/s1. The van der Waals surface area contributed by atoms with E-state index in [2.05, 4.69) is 0 Å². The van der Waals surface area contributed by atoms with Crippen molar-refractivity contribution in [3.8, 4) is 0 Å². The fraction of sp³-hybridized carbons (Fsp3) is 0.611. The summed E-state index contributed by atoms with van der Waals surface area (Å²) in [5.74, 6) is 0. The van der Waals surface area contributed by atoms with Crippen LogP contribution in [0.5, 0.6) is 0 Å². The van der Waals surface area contributed by atoms with Crippen molar-refractivity contribution >= 4 is 16.2 Å². The van der Waals surface area contributed by atoms with E-state index in [-0.39, 0.29) is 11.0 Å². The minimum absolute atomic E-state index is 0.159. The average Bonchev–Trinajstić information content (AvgIpc) is 2.71. The van der Waals surface area contributed by atoms with Crippen molar-refractivity contribution in [2.75, 3.05) is 13.1 Å². The lowest BCUT2D eigenvalue weighted by molar-refractivity contribution is 0.0252. The molecule has 0 aromatic heterocycles. The molecule has 0 bridgehead atoms. The highest BCUT2D eigenvalue weighted by molar-refractivity contribution is 7.86. The number of carbonyl (C=O) groups is 1. The highest BCUT2D eigenvalue weighted by Gasteiger charge is 2.28. The summed E-state index contributed by atoms with van der Waals surface area (Å²) in [6, 6.07) is 6.59. The first kappa shape index (κ1) is 19.7. The number of aryl methyl sites for hydroxylation is 1. The average molecular weight is 369 g/mol. The van der Waals surface area contributed by atoms with Crippen LogP contribution in [0.25, 0.3) is 0 Å². The molecule has 1 aliphatic rings. The second-order valence-corrected chi connectivity index (χ2v) is 8.96. The Hall–Kier alpha value is -1.60. The zero-order valence-corrected chi connectivity index (χ0v) is 16.1. The van der Waals surface area contributed by atoms with Crippen LogP contribution in [0.3, 0.4) is 0 Å². The molecule has 140 valence electrons. The highest BCUT2D eigenvalue weighted by Crippen LogP contribution is 2.22. The molecule has 1 amide bonds. The molecule has 1 atom stereocenters. The Labute approximate surface area is 150 Å². The van der Waals surface area contributed by atoms with Gasteiger partial charge in [0.2, 0.25) is 0 Å². The van der Waals surface area contributed by atoms with Crippen LogP contribution in [0.15, 0.2) is 29.2 Å². The second kappa shape index (κ2) is 7.74. The van der Waals surface area contributed by atoms with Crippen LogP contribution in [-0.4, -0.2) is 44.2 Å². The van der Waals surface area contributed by atoms with Crippen molar-refractivity contribution in [2.24, 2.45) is 0 Å². The molecule has 0 radical (unpaired) electrons. The van der Waals surface area contributed by atoms with Crippen LogP contribution >= 0.6 is 0 Å². The van der Waals surface area contributed by atoms with E-state index in [4.69, 9.17) is 8.92 Å². The topological polar surface area (TPSA) is 72.9 Å². The molecule has 1 aliphatic heterocycles. The molecular formula is C18H27NO5S. The molecule has 1 aromatic carbocycles. The predicted molar refractivity (Wildman–Crippen MR) is 94.9 cm³/mol. The molecule has 1 saturated heterocycles. The van der Waals surface area contributed by atoms with E-state index in [1.165, 1.54) is 0 Å².